The molecule has 2 aliphatic rings. The second-order valence-corrected chi connectivity index (χ2v) is 12.6. The molecular formula is C40H34N3NaO5. The first-order valence-corrected chi connectivity index (χ1v) is 16.4. The van der Waals surface area contributed by atoms with E-state index < -0.39 is 12.2 Å². The normalized spacial score (nSPS) is 18.4. The number of hydrogen-bond donors (Lipinski definition) is 0. The van der Waals surface area contributed by atoms with Crippen molar-refractivity contribution < 1.29 is 53.8 Å². The van der Waals surface area contributed by atoms with E-state index in [0.717, 1.165) is 70.4 Å². The number of pyridine rings is 2. The van der Waals surface area contributed by atoms with Gasteiger partial charge in [0.2, 0.25) is 0 Å². The van der Waals surface area contributed by atoms with Crippen LogP contribution in [-0.4, -0.2) is 33.3 Å². The number of nitrogens with zero attached hydrogens (tertiary/aromatic N) is 3. The van der Waals surface area contributed by atoms with E-state index in [2.05, 4.69) is 48.5 Å². The van der Waals surface area contributed by atoms with Crippen LogP contribution >= 0.6 is 0 Å². The smallest absolute Gasteiger partial charge is 0.546 e. The molecule has 8 rings (SSSR count). The van der Waals surface area contributed by atoms with Crippen LogP contribution in [0, 0.1) is 0 Å². The molecule has 1 aliphatic carbocycles. The molecule has 2 atom stereocenters. The van der Waals surface area contributed by atoms with Crippen molar-refractivity contribution in [2.45, 2.75) is 56.6 Å². The molecule has 2 aromatic heterocycles. The number of carbonyl (C=O) groups is 1. The van der Waals surface area contributed by atoms with Crippen LogP contribution in [0.15, 0.2) is 121 Å². The summed E-state index contributed by atoms with van der Waals surface area (Å²) in [5, 5.41) is 15.1. The van der Waals surface area contributed by atoms with E-state index >= 15 is 0 Å². The third kappa shape index (κ3) is 7.06. The summed E-state index contributed by atoms with van der Waals surface area (Å²) >= 11 is 0. The summed E-state index contributed by atoms with van der Waals surface area (Å²) in [7, 11) is 0. The maximum absolute atomic E-state index is 11.3. The zero-order valence-corrected chi connectivity index (χ0v) is 29.3. The van der Waals surface area contributed by atoms with Crippen LogP contribution in [0.25, 0.3) is 21.8 Å². The Bertz CT molecular complexity index is 1950. The Kier molecular flexibility index (Phi) is 9.67. The Morgan fingerprint density at radius 3 is 1.61 bits per heavy atom. The van der Waals surface area contributed by atoms with Gasteiger partial charge in [-0.05, 0) is 85.3 Å². The van der Waals surface area contributed by atoms with Gasteiger partial charge in [-0.15, -0.1) is 5.06 Å². The standard InChI is InChI=1S/C40H35N3O5.Na/c44-39(45)38-43(48-38)33-21-23-40(24-22-33,29-11-17-34(18-12-29)46-25-31-15-9-27-5-1-3-7-36(27)41-31)30-13-19-35(20-14-30)47-26-32-16-10-28-6-2-4-8-37(28)42-32;/h1-20,33,38H,21-26H2,(H,44,45);/q;+1/p-1. The number of carbonyl (C=O) groups excluding carboxylic acids is 1. The molecule has 9 heteroatoms. The predicted molar refractivity (Wildman–Crippen MR) is 180 cm³/mol. The van der Waals surface area contributed by atoms with Crippen molar-refractivity contribution in [1.82, 2.24) is 15.0 Å². The Morgan fingerprint density at radius 2 is 1.16 bits per heavy atom. The van der Waals surface area contributed by atoms with Gasteiger partial charge in [-0.2, -0.15) is 0 Å². The Morgan fingerprint density at radius 1 is 0.694 bits per heavy atom. The molecule has 0 bridgehead atoms. The second-order valence-electron chi connectivity index (χ2n) is 12.6. The SMILES string of the molecule is O=C([O-])C1ON1C1CCC(c2ccc(OCc3ccc4ccccc4n3)cc2)(c2ccc(OCc3ccc4ccccc4n3)cc2)CC1.[Na+]. The minimum Gasteiger partial charge on any atom is -0.546 e. The molecule has 0 spiro atoms. The molecule has 3 heterocycles. The third-order valence-corrected chi connectivity index (χ3v) is 9.68. The van der Waals surface area contributed by atoms with Gasteiger partial charge in [-0.3, -0.25) is 4.84 Å². The zero-order chi connectivity index (χ0) is 32.5. The number of rotatable bonds is 10. The summed E-state index contributed by atoms with van der Waals surface area (Å²) in [5.41, 5.74) is 5.76. The van der Waals surface area contributed by atoms with Crippen LogP contribution in [0.4, 0.5) is 0 Å². The van der Waals surface area contributed by atoms with Gasteiger partial charge < -0.3 is 19.4 Å². The number of benzene rings is 4. The molecule has 6 aromatic rings. The monoisotopic (exact) mass is 659 g/mol. The van der Waals surface area contributed by atoms with E-state index in [1.54, 1.807) is 5.06 Å². The fourth-order valence-electron chi connectivity index (χ4n) is 7.04. The third-order valence-electron chi connectivity index (χ3n) is 9.68. The fourth-order valence-corrected chi connectivity index (χ4v) is 7.04. The molecule has 1 aliphatic heterocycles. The molecule has 2 unspecified atom stereocenters. The van der Waals surface area contributed by atoms with Crippen LogP contribution in [0.2, 0.25) is 0 Å². The van der Waals surface area contributed by atoms with Crippen LogP contribution in [0.3, 0.4) is 0 Å². The van der Waals surface area contributed by atoms with Gasteiger partial charge in [0.1, 0.15) is 24.7 Å². The molecule has 1 saturated carbocycles. The van der Waals surface area contributed by atoms with Crippen molar-refractivity contribution in [3.63, 3.8) is 0 Å². The number of para-hydroxylation sites is 2. The molecule has 2 fully saturated rings. The minimum atomic E-state index is -1.18. The summed E-state index contributed by atoms with van der Waals surface area (Å²) in [6.45, 7) is 0.755. The van der Waals surface area contributed by atoms with Gasteiger partial charge in [0.05, 0.1) is 28.4 Å². The number of hydroxylamine groups is 2. The van der Waals surface area contributed by atoms with Gasteiger partial charge in [0.15, 0.2) is 6.23 Å². The van der Waals surface area contributed by atoms with Crippen molar-refractivity contribution in [1.29, 1.82) is 0 Å². The average molecular weight is 660 g/mol. The van der Waals surface area contributed by atoms with Gasteiger partial charge in [0.25, 0.3) is 0 Å². The van der Waals surface area contributed by atoms with Gasteiger partial charge in [-0.25, -0.2) is 9.97 Å². The number of ether oxygens (including phenoxy) is 2. The molecule has 0 N–H and O–H groups in total. The molecule has 240 valence electrons. The van der Waals surface area contributed by atoms with Crippen molar-refractivity contribution in [2.75, 3.05) is 0 Å². The van der Waals surface area contributed by atoms with Crippen molar-refractivity contribution in [3.05, 3.63) is 144 Å². The summed E-state index contributed by atoms with van der Waals surface area (Å²) in [4.78, 5) is 26.1. The molecular weight excluding hydrogens is 625 g/mol. The summed E-state index contributed by atoms with van der Waals surface area (Å²) in [6, 6.07) is 41.0. The first kappa shape index (κ1) is 33.2. The first-order chi connectivity index (χ1) is 23.5. The first-order valence-electron chi connectivity index (χ1n) is 16.4. The quantitative estimate of drug-likeness (QED) is 0.163. The zero-order valence-electron chi connectivity index (χ0n) is 27.3. The molecule has 1 saturated heterocycles. The number of aromatic nitrogens is 2. The average Bonchev–Trinajstić information content (AvgIpc) is 3.95. The van der Waals surface area contributed by atoms with Crippen LogP contribution in [0.5, 0.6) is 11.5 Å². The summed E-state index contributed by atoms with van der Waals surface area (Å²) in [5.74, 6) is 0.367. The topological polar surface area (TPSA) is 99.9 Å². The van der Waals surface area contributed by atoms with E-state index in [1.807, 2.05) is 72.8 Å². The number of hydrogen-bond acceptors (Lipinski definition) is 8. The van der Waals surface area contributed by atoms with E-state index in [-0.39, 0.29) is 41.0 Å². The van der Waals surface area contributed by atoms with Crippen LogP contribution in [-0.2, 0) is 28.3 Å². The van der Waals surface area contributed by atoms with Crippen LogP contribution in [0.1, 0.15) is 48.2 Å². The molecule has 49 heavy (non-hydrogen) atoms. The number of carboxylic acids is 1. The van der Waals surface area contributed by atoms with Gasteiger partial charge in [-0.1, -0.05) is 72.8 Å². The van der Waals surface area contributed by atoms with E-state index in [4.69, 9.17) is 24.3 Å². The van der Waals surface area contributed by atoms with E-state index in [1.165, 1.54) is 11.1 Å². The number of carboxylic acid groups (broad SMARTS) is 1. The molecule has 8 nitrogen and oxygen atoms in total. The van der Waals surface area contributed by atoms with Gasteiger partial charge in [0, 0.05) is 22.2 Å². The van der Waals surface area contributed by atoms with E-state index in [0.29, 0.717) is 13.2 Å². The summed E-state index contributed by atoms with van der Waals surface area (Å²) < 4.78 is 12.3. The van der Waals surface area contributed by atoms with Crippen molar-refractivity contribution in [3.8, 4) is 11.5 Å². The largest absolute Gasteiger partial charge is 1.00 e. The van der Waals surface area contributed by atoms with Crippen LogP contribution < -0.4 is 44.1 Å². The van der Waals surface area contributed by atoms with Gasteiger partial charge >= 0.3 is 29.6 Å². The Labute approximate surface area is 306 Å². The summed E-state index contributed by atoms with van der Waals surface area (Å²) in [6.07, 6.45) is 2.31. The Hall–Kier alpha value is -4.31. The molecule has 0 radical (unpaired) electrons. The predicted octanol–water partition coefficient (Wildman–Crippen LogP) is 3.50. The minimum absolute atomic E-state index is 0. The van der Waals surface area contributed by atoms with Crippen molar-refractivity contribution in [2.24, 2.45) is 0 Å². The Balaban J connectivity index is 0.00000378. The number of fused-ring (bicyclic) bond motifs is 2. The van der Waals surface area contributed by atoms with E-state index in [9.17, 15) is 9.90 Å². The van der Waals surface area contributed by atoms with Crippen molar-refractivity contribution >= 4 is 27.8 Å². The maximum atomic E-state index is 11.3. The maximum Gasteiger partial charge on any atom is 1.00 e. The second kappa shape index (κ2) is 14.3. The molecule has 4 aromatic carbocycles. The number of aliphatic carboxylic acids is 1. The molecule has 0 amide bonds. The fraction of sp³-hybridized carbons (Fsp3) is 0.225.